The molecule has 1 amide bonds. The molecule has 3 heterocycles. The molecule has 0 radical (unpaired) electrons. The van der Waals surface area contributed by atoms with E-state index in [4.69, 9.17) is 4.74 Å². The normalized spacial score (nSPS) is 18.0. The summed E-state index contributed by atoms with van der Waals surface area (Å²) in [6, 6.07) is 15.3. The van der Waals surface area contributed by atoms with E-state index in [1.807, 2.05) is 30.5 Å². The molecule has 1 atom stereocenters. The zero-order chi connectivity index (χ0) is 21.1. The lowest BCUT2D eigenvalue weighted by molar-refractivity contribution is -0.140. The van der Waals surface area contributed by atoms with E-state index in [1.165, 1.54) is 16.2 Å². The first-order valence-corrected chi connectivity index (χ1v) is 10.4. The zero-order valence-corrected chi connectivity index (χ0v) is 17.1. The number of carbonyl (C=O) groups excluding carboxylic acids is 2. The molecule has 1 unspecified atom stereocenters. The minimum absolute atomic E-state index is 0.0857. The highest BCUT2D eigenvalue weighted by Crippen LogP contribution is 2.41. The molecule has 152 valence electrons. The monoisotopic (exact) mass is 420 g/mol. The van der Waals surface area contributed by atoms with Crippen LogP contribution in [-0.4, -0.2) is 33.3 Å². The number of aromatic nitrogens is 1. The summed E-state index contributed by atoms with van der Waals surface area (Å²) in [5.74, 6) is -0.875. The Morgan fingerprint density at radius 3 is 2.57 bits per heavy atom. The third-order valence-electron chi connectivity index (χ3n) is 4.85. The molecule has 30 heavy (non-hydrogen) atoms. The van der Waals surface area contributed by atoms with Crippen molar-refractivity contribution in [1.82, 2.24) is 9.88 Å². The molecule has 4 rings (SSSR count). The lowest BCUT2D eigenvalue weighted by Gasteiger charge is -2.23. The molecule has 6 nitrogen and oxygen atoms in total. The third kappa shape index (κ3) is 3.71. The van der Waals surface area contributed by atoms with Gasteiger partial charge in [0.05, 0.1) is 24.4 Å². The molecule has 2 aromatic heterocycles. The number of ether oxygens (including phenoxy) is 1. The second-order valence-electron chi connectivity index (χ2n) is 6.72. The highest BCUT2D eigenvalue weighted by molar-refractivity contribution is 7.10. The summed E-state index contributed by atoms with van der Waals surface area (Å²) in [7, 11) is 0. The number of carbonyl (C=O) groups is 2. The second kappa shape index (κ2) is 8.51. The summed E-state index contributed by atoms with van der Waals surface area (Å²) in [5, 5.41) is 12.9. The van der Waals surface area contributed by atoms with Crippen molar-refractivity contribution in [2.24, 2.45) is 0 Å². The number of aliphatic hydroxyl groups is 1. The van der Waals surface area contributed by atoms with Gasteiger partial charge in [0.25, 0.3) is 11.7 Å². The van der Waals surface area contributed by atoms with E-state index < -0.39 is 17.7 Å². The van der Waals surface area contributed by atoms with Crippen molar-refractivity contribution in [3.8, 4) is 5.75 Å². The number of hydrogen-bond donors (Lipinski definition) is 1. The fraction of sp³-hybridized carbons (Fsp3) is 0.174. The van der Waals surface area contributed by atoms with Crippen molar-refractivity contribution >= 4 is 28.8 Å². The fourth-order valence-electron chi connectivity index (χ4n) is 3.48. The molecule has 7 heteroatoms. The first kappa shape index (κ1) is 19.8. The highest BCUT2D eigenvalue weighted by atomic mass is 32.1. The maximum atomic E-state index is 12.9. The third-order valence-corrected chi connectivity index (χ3v) is 5.77. The Labute approximate surface area is 178 Å². The number of benzene rings is 1. The maximum Gasteiger partial charge on any atom is 0.296 e. The zero-order valence-electron chi connectivity index (χ0n) is 16.3. The van der Waals surface area contributed by atoms with Crippen LogP contribution in [0, 0.1) is 0 Å². The standard InChI is InChI=1S/C23H20N2O4S/c1-2-29-17-10-8-15(9-11-17)21(26)19-20(18-7-5-13-30-18)25(23(28)22(19)27)14-16-6-3-4-12-24-16/h3-13,20,26H,2,14H2,1H3/b21-19-. The van der Waals surface area contributed by atoms with Crippen LogP contribution < -0.4 is 4.74 Å². The van der Waals surface area contributed by atoms with Gasteiger partial charge in [-0.2, -0.15) is 0 Å². The molecule has 1 fully saturated rings. The molecule has 0 bridgehead atoms. The van der Waals surface area contributed by atoms with Crippen LogP contribution in [0.3, 0.4) is 0 Å². The molecule has 1 N–H and O–H groups in total. The molecule has 1 aromatic carbocycles. The lowest BCUT2D eigenvalue weighted by atomic mass is 10.00. The highest BCUT2D eigenvalue weighted by Gasteiger charge is 2.46. The van der Waals surface area contributed by atoms with Gasteiger partial charge in [0.2, 0.25) is 0 Å². The summed E-state index contributed by atoms with van der Waals surface area (Å²) in [4.78, 5) is 32.4. The van der Waals surface area contributed by atoms with Crippen LogP contribution in [-0.2, 0) is 16.1 Å². The maximum absolute atomic E-state index is 12.9. The van der Waals surface area contributed by atoms with Crippen LogP contribution >= 0.6 is 11.3 Å². The molecular formula is C23H20N2O4S. The van der Waals surface area contributed by atoms with Crippen LogP contribution in [0.25, 0.3) is 5.76 Å². The van der Waals surface area contributed by atoms with Gasteiger partial charge in [-0.3, -0.25) is 14.6 Å². The SMILES string of the molecule is CCOc1ccc(/C(O)=C2/C(=O)C(=O)N(Cc3ccccn3)C2c2cccs2)cc1. The molecule has 1 aliphatic heterocycles. The van der Waals surface area contributed by atoms with Crippen molar-refractivity contribution < 1.29 is 19.4 Å². The van der Waals surface area contributed by atoms with E-state index in [1.54, 1.807) is 42.6 Å². The van der Waals surface area contributed by atoms with E-state index in [0.29, 0.717) is 23.6 Å². The molecule has 1 saturated heterocycles. The van der Waals surface area contributed by atoms with E-state index in [2.05, 4.69) is 4.98 Å². The Kier molecular flexibility index (Phi) is 5.63. The summed E-state index contributed by atoms with van der Waals surface area (Å²) in [5.41, 5.74) is 1.21. The van der Waals surface area contributed by atoms with Gasteiger partial charge in [0, 0.05) is 16.6 Å². The van der Waals surface area contributed by atoms with E-state index in [9.17, 15) is 14.7 Å². The van der Waals surface area contributed by atoms with E-state index in [0.717, 1.165) is 4.88 Å². The van der Waals surface area contributed by atoms with Crippen LogP contribution in [0.1, 0.15) is 29.1 Å². The first-order valence-electron chi connectivity index (χ1n) is 9.55. The number of rotatable bonds is 6. The Balaban J connectivity index is 1.78. The number of amides is 1. The molecular weight excluding hydrogens is 400 g/mol. The summed E-state index contributed by atoms with van der Waals surface area (Å²) in [6.07, 6.45) is 1.64. The molecule has 0 aliphatic carbocycles. The van der Waals surface area contributed by atoms with Gasteiger partial charge in [-0.25, -0.2) is 0 Å². The number of nitrogens with zero attached hydrogens (tertiary/aromatic N) is 2. The first-order chi connectivity index (χ1) is 14.6. The number of thiophene rings is 1. The van der Waals surface area contributed by atoms with Crippen molar-refractivity contribution in [1.29, 1.82) is 0 Å². The van der Waals surface area contributed by atoms with Crippen LogP contribution in [0.2, 0.25) is 0 Å². The smallest absolute Gasteiger partial charge is 0.296 e. The number of aliphatic hydroxyl groups excluding tert-OH is 1. The van der Waals surface area contributed by atoms with Crippen molar-refractivity contribution in [3.63, 3.8) is 0 Å². The van der Waals surface area contributed by atoms with Crippen molar-refractivity contribution in [2.75, 3.05) is 6.61 Å². The predicted octanol–water partition coefficient (Wildman–Crippen LogP) is 4.16. The minimum Gasteiger partial charge on any atom is -0.507 e. The average molecular weight is 420 g/mol. The molecule has 1 aliphatic rings. The summed E-state index contributed by atoms with van der Waals surface area (Å²) < 4.78 is 5.44. The molecule has 0 spiro atoms. The molecule has 0 saturated carbocycles. The van der Waals surface area contributed by atoms with Gasteiger partial charge in [0.1, 0.15) is 17.6 Å². The Bertz CT molecular complexity index is 1080. The van der Waals surface area contributed by atoms with Crippen molar-refractivity contribution in [2.45, 2.75) is 19.5 Å². The van der Waals surface area contributed by atoms with E-state index >= 15 is 0 Å². The second-order valence-corrected chi connectivity index (χ2v) is 7.70. The van der Waals surface area contributed by atoms with Crippen LogP contribution in [0.4, 0.5) is 0 Å². The predicted molar refractivity (Wildman–Crippen MR) is 114 cm³/mol. The quantitative estimate of drug-likeness (QED) is 0.368. The fourth-order valence-corrected chi connectivity index (χ4v) is 4.33. The summed E-state index contributed by atoms with van der Waals surface area (Å²) >= 11 is 1.43. The van der Waals surface area contributed by atoms with Gasteiger partial charge >= 0.3 is 0 Å². The largest absolute Gasteiger partial charge is 0.507 e. The lowest BCUT2D eigenvalue weighted by Crippen LogP contribution is -2.29. The van der Waals surface area contributed by atoms with Gasteiger partial charge in [-0.15, -0.1) is 11.3 Å². The Morgan fingerprint density at radius 2 is 1.93 bits per heavy atom. The van der Waals surface area contributed by atoms with Gasteiger partial charge < -0.3 is 14.7 Å². The Hall–Kier alpha value is -3.45. The molecule has 3 aromatic rings. The topological polar surface area (TPSA) is 79.7 Å². The minimum atomic E-state index is -0.698. The van der Waals surface area contributed by atoms with E-state index in [-0.39, 0.29) is 17.9 Å². The Morgan fingerprint density at radius 1 is 1.13 bits per heavy atom. The average Bonchev–Trinajstić information content (AvgIpc) is 3.38. The number of hydrogen-bond acceptors (Lipinski definition) is 6. The summed E-state index contributed by atoms with van der Waals surface area (Å²) in [6.45, 7) is 2.59. The van der Waals surface area contributed by atoms with Crippen molar-refractivity contribution in [3.05, 3.63) is 87.9 Å². The van der Waals surface area contributed by atoms with Crippen LogP contribution in [0.15, 0.2) is 71.7 Å². The van der Waals surface area contributed by atoms with Gasteiger partial charge in [-0.05, 0) is 54.8 Å². The van der Waals surface area contributed by atoms with Gasteiger partial charge in [0.15, 0.2) is 0 Å². The van der Waals surface area contributed by atoms with Crippen LogP contribution in [0.5, 0.6) is 5.75 Å². The number of Topliss-reactive ketones (excluding diaryl/α,β-unsaturated/α-hetero) is 1. The van der Waals surface area contributed by atoms with Gasteiger partial charge in [-0.1, -0.05) is 12.1 Å². The number of ketones is 1. The number of likely N-dealkylation sites (tertiary alicyclic amines) is 1. The number of pyridine rings is 1.